The molecule has 0 fully saturated rings. The van der Waals surface area contributed by atoms with Gasteiger partial charge >= 0.3 is 0 Å². The number of anilines is 2. The van der Waals surface area contributed by atoms with Crippen molar-refractivity contribution in [2.24, 2.45) is 0 Å². The van der Waals surface area contributed by atoms with Gasteiger partial charge < -0.3 is 14.6 Å². The molecule has 0 aliphatic rings. The average Bonchev–Trinajstić information content (AvgIpc) is 2.81. The molecule has 4 nitrogen and oxygen atoms in total. The zero-order chi connectivity index (χ0) is 13.7. The Kier molecular flexibility index (Phi) is 4.93. The Morgan fingerprint density at radius 3 is 3.05 bits per heavy atom. The number of ether oxygens (including phenoxy) is 1. The number of aromatic nitrogens is 2. The van der Waals surface area contributed by atoms with Gasteiger partial charge in [-0.3, -0.25) is 0 Å². The molecule has 102 valence electrons. The maximum absolute atomic E-state index is 13.0. The van der Waals surface area contributed by atoms with Crippen molar-refractivity contribution in [2.45, 2.75) is 13.0 Å². The summed E-state index contributed by atoms with van der Waals surface area (Å²) < 4.78 is 20.7. The van der Waals surface area contributed by atoms with E-state index >= 15 is 0 Å². The molecule has 0 aliphatic carbocycles. The number of nitrogens with zero attached hydrogens (tertiary/aromatic N) is 2. The molecule has 0 radical (unpaired) electrons. The van der Waals surface area contributed by atoms with Crippen molar-refractivity contribution in [3.05, 3.63) is 40.9 Å². The lowest BCUT2D eigenvalue weighted by molar-refractivity contribution is 0.190. The molecule has 2 aromatic rings. The molecule has 1 N–H and O–H groups in total. The fourth-order valence-corrected chi connectivity index (χ4v) is 2.15. The summed E-state index contributed by atoms with van der Waals surface area (Å²) in [5.74, 6) is 0.448. The van der Waals surface area contributed by atoms with Crippen LogP contribution in [0.3, 0.4) is 0 Å². The van der Waals surface area contributed by atoms with Crippen molar-refractivity contribution in [2.75, 3.05) is 19.0 Å². The van der Waals surface area contributed by atoms with Gasteiger partial charge in [0.25, 0.3) is 0 Å². The molecule has 19 heavy (non-hydrogen) atoms. The van der Waals surface area contributed by atoms with Gasteiger partial charge in [0, 0.05) is 37.1 Å². The summed E-state index contributed by atoms with van der Waals surface area (Å²) in [6.07, 6.45) is 4.54. The van der Waals surface area contributed by atoms with E-state index in [0.29, 0.717) is 11.1 Å². The van der Waals surface area contributed by atoms with E-state index in [-0.39, 0.29) is 5.82 Å². The quantitative estimate of drug-likeness (QED) is 0.824. The van der Waals surface area contributed by atoms with Crippen LogP contribution >= 0.6 is 15.9 Å². The molecule has 2 rings (SSSR count). The molecule has 0 unspecified atom stereocenters. The number of benzene rings is 1. The van der Waals surface area contributed by atoms with Gasteiger partial charge in [-0.1, -0.05) is 0 Å². The van der Waals surface area contributed by atoms with Crippen LogP contribution in [0.25, 0.3) is 0 Å². The van der Waals surface area contributed by atoms with Crippen LogP contribution in [0.15, 0.2) is 35.1 Å². The predicted molar refractivity (Wildman–Crippen MR) is 76.1 cm³/mol. The van der Waals surface area contributed by atoms with Crippen LogP contribution in [0.4, 0.5) is 16.0 Å². The lowest BCUT2D eigenvalue weighted by Crippen LogP contribution is -2.05. The first-order valence-electron chi connectivity index (χ1n) is 5.93. The largest absolute Gasteiger partial charge is 0.385 e. The molecule has 0 saturated heterocycles. The summed E-state index contributed by atoms with van der Waals surface area (Å²) in [4.78, 5) is 4.25. The van der Waals surface area contributed by atoms with Gasteiger partial charge in [0.05, 0.1) is 5.69 Å². The summed E-state index contributed by atoms with van der Waals surface area (Å²) in [7, 11) is 1.68. The first kappa shape index (κ1) is 14.0. The van der Waals surface area contributed by atoms with Crippen LogP contribution in [0, 0.1) is 5.82 Å². The van der Waals surface area contributed by atoms with E-state index in [1.807, 2.05) is 10.8 Å². The smallest absolute Gasteiger partial charge is 0.207 e. The number of halogens is 2. The van der Waals surface area contributed by atoms with Gasteiger partial charge in [0.15, 0.2) is 0 Å². The van der Waals surface area contributed by atoms with Crippen molar-refractivity contribution in [3.63, 3.8) is 0 Å². The molecule has 0 saturated carbocycles. The number of nitrogens with one attached hydrogen (secondary N) is 1. The Morgan fingerprint density at radius 2 is 2.32 bits per heavy atom. The summed E-state index contributed by atoms with van der Waals surface area (Å²) >= 11 is 3.32. The number of methoxy groups -OCH3 is 1. The summed E-state index contributed by atoms with van der Waals surface area (Å²) in [5, 5.41) is 3.17. The van der Waals surface area contributed by atoms with Gasteiger partial charge in [-0.15, -0.1) is 0 Å². The molecule has 0 bridgehead atoms. The zero-order valence-electron chi connectivity index (χ0n) is 10.6. The third-order valence-corrected chi connectivity index (χ3v) is 3.30. The van der Waals surface area contributed by atoms with E-state index in [1.165, 1.54) is 12.1 Å². The topological polar surface area (TPSA) is 39.1 Å². The predicted octanol–water partition coefficient (Wildman–Crippen LogP) is 3.56. The van der Waals surface area contributed by atoms with Gasteiger partial charge in [0.1, 0.15) is 5.82 Å². The summed E-state index contributed by atoms with van der Waals surface area (Å²) in [5.41, 5.74) is 0.778. The van der Waals surface area contributed by atoms with Gasteiger partial charge in [0.2, 0.25) is 5.95 Å². The van der Waals surface area contributed by atoms with Crippen molar-refractivity contribution >= 4 is 27.6 Å². The van der Waals surface area contributed by atoms with E-state index in [1.54, 1.807) is 19.4 Å². The Morgan fingerprint density at radius 1 is 1.47 bits per heavy atom. The minimum Gasteiger partial charge on any atom is -0.385 e. The Hall–Kier alpha value is -1.40. The molecule has 0 atom stereocenters. The van der Waals surface area contributed by atoms with Crippen LogP contribution in [0.5, 0.6) is 0 Å². The Bertz CT molecular complexity index is 544. The van der Waals surface area contributed by atoms with E-state index < -0.39 is 0 Å². The number of imidazole rings is 1. The molecular weight excluding hydrogens is 313 g/mol. The van der Waals surface area contributed by atoms with E-state index in [2.05, 4.69) is 26.2 Å². The second-order valence-electron chi connectivity index (χ2n) is 4.04. The van der Waals surface area contributed by atoms with Crippen molar-refractivity contribution < 1.29 is 9.13 Å². The Balaban J connectivity index is 2.08. The molecule has 0 spiro atoms. The maximum atomic E-state index is 13.0. The summed E-state index contributed by atoms with van der Waals surface area (Å²) in [6, 6.07) is 4.50. The molecule has 0 amide bonds. The standard InChI is InChI=1S/C13H15BrFN3O/c1-19-8-2-6-18-7-5-16-13(18)17-12-4-3-10(15)9-11(12)14/h3-5,7,9H,2,6,8H2,1H3,(H,16,17). The first-order chi connectivity index (χ1) is 9.20. The van der Waals surface area contributed by atoms with E-state index in [9.17, 15) is 4.39 Å². The molecule has 1 aromatic carbocycles. The highest BCUT2D eigenvalue weighted by molar-refractivity contribution is 9.10. The fourth-order valence-electron chi connectivity index (χ4n) is 1.70. The Labute approximate surface area is 119 Å². The van der Waals surface area contributed by atoms with Crippen LogP contribution in [0.2, 0.25) is 0 Å². The molecule has 0 aliphatic heterocycles. The maximum Gasteiger partial charge on any atom is 0.207 e. The van der Waals surface area contributed by atoms with Crippen LogP contribution < -0.4 is 5.32 Å². The molecule has 1 heterocycles. The summed E-state index contributed by atoms with van der Waals surface area (Å²) in [6.45, 7) is 1.52. The van der Waals surface area contributed by atoms with Crippen molar-refractivity contribution in [1.82, 2.24) is 9.55 Å². The van der Waals surface area contributed by atoms with Crippen LogP contribution in [-0.4, -0.2) is 23.3 Å². The van der Waals surface area contributed by atoms with Crippen LogP contribution in [0.1, 0.15) is 6.42 Å². The van der Waals surface area contributed by atoms with Gasteiger partial charge in [-0.25, -0.2) is 9.37 Å². The molecular formula is C13H15BrFN3O. The highest BCUT2D eigenvalue weighted by Crippen LogP contribution is 2.25. The number of rotatable bonds is 6. The first-order valence-corrected chi connectivity index (χ1v) is 6.72. The molecule has 6 heteroatoms. The third kappa shape index (κ3) is 3.78. The number of hydrogen-bond donors (Lipinski definition) is 1. The number of aryl methyl sites for hydroxylation is 1. The molecule has 1 aromatic heterocycles. The normalized spacial score (nSPS) is 10.7. The van der Waals surface area contributed by atoms with Crippen molar-refractivity contribution in [1.29, 1.82) is 0 Å². The van der Waals surface area contributed by atoms with Gasteiger partial charge in [-0.2, -0.15) is 0 Å². The number of hydrogen-bond acceptors (Lipinski definition) is 3. The monoisotopic (exact) mass is 327 g/mol. The third-order valence-electron chi connectivity index (χ3n) is 2.64. The van der Waals surface area contributed by atoms with E-state index in [4.69, 9.17) is 4.74 Å². The second kappa shape index (κ2) is 6.68. The van der Waals surface area contributed by atoms with Crippen LogP contribution in [-0.2, 0) is 11.3 Å². The highest BCUT2D eigenvalue weighted by atomic mass is 79.9. The fraction of sp³-hybridized carbons (Fsp3) is 0.308. The second-order valence-corrected chi connectivity index (χ2v) is 4.89. The lowest BCUT2D eigenvalue weighted by atomic mass is 10.3. The highest BCUT2D eigenvalue weighted by Gasteiger charge is 2.06. The minimum absolute atomic E-state index is 0.277. The minimum atomic E-state index is -0.277. The van der Waals surface area contributed by atoms with Gasteiger partial charge in [-0.05, 0) is 40.5 Å². The average molecular weight is 328 g/mol. The van der Waals surface area contributed by atoms with Crippen molar-refractivity contribution in [3.8, 4) is 0 Å². The lowest BCUT2D eigenvalue weighted by Gasteiger charge is -2.11. The zero-order valence-corrected chi connectivity index (χ0v) is 12.2. The SMILES string of the molecule is COCCCn1ccnc1Nc1ccc(F)cc1Br. The van der Waals surface area contributed by atoms with E-state index in [0.717, 1.165) is 24.6 Å².